The highest BCUT2D eigenvalue weighted by molar-refractivity contribution is 6.04. The van der Waals surface area contributed by atoms with Crippen molar-refractivity contribution >= 4 is 23.2 Å². The fraction of sp³-hybridized carbons (Fsp3) is 0.286. The van der Waals surface area contributed by atoms with Crippen molar-refractivity contribution in [2.24, 2.45) is 4.99 Å². The summed E-state index contributed by atoms with van der Waals surface area (Å²) in [6, 6.07) is 20.1. The fourth-order valence-electron chi connectivity index (χ4n) is 4.52. The maximum atomic E-state index is 13.0. The Kier molecular flexibility index (Phi) is 5.74. The minimum absolute atomic E-state index is 0.0248. The number of carbonyl (C=O) groups is 1. The Bertz CT molecular complexity index is 1270. The molecule has 3 aromatic carbocycles. The molecule has 174 valence electrons. The van der Waals surface area contributed by atoms with Gasteiger partial charge in [-0.25, -0.2) is 9.79 Å². The molecule has 0 unspecified atom stereocenters. The van der Waals surface area contributed by atoms with E-state index in [9.17, 15) is 4.79 Å². The molecule has 0 radical (unpaired) electrons. The first-order valence-corrected chi connectivity index (χ1v) is 11.7. The second-order valence-corrected chi connectivity index (χ2v) is 9.29. The number of urea groups is 1. The van der Waals surface area contributed by atoms with E-state index in [1.54, 1.807) is 0 Å². The molecule has 3 aromatic rings. The molecular weight excluding hydrogens is 424 g/mol. The summed E-state index contributed by atoms with van der Waals surface area (Å²) in [7, 11) is 0. The smallest absolute Gasteiger partial charge is 0.322 e. The van der Waals surface area contributed by atoms with Gasteiger partial charge in [0.1, 0.15) is 17.3 Å². The molecule has 0 saturated carbocycles. The van der Waals surface area contributed by atoms with Crippen LogP contribution in [0.2, 0.25) is 0 Å². The van der Waals surface area contributed by atoms with Crippen LogP contribution < -0.4 is 10.1 Å². The van der Waals surface area contributed by atoms with Crippen molar-refractivity contribution in [3.63, 3.8) is 0 Å². The van der Waals surface area contributed by atoms with Crippen LogP contribution in [0.5, 0.6) is 11.5 Å². The number of hydrogen-bond donors (Lipinski definition) is 1. The SMILES string of the molecule is Cc1ccc(NC(=O)N2CCN(C3=Nc4ccc(C)cc4Oc4ccc(C)cc43)C[C@H]2C)cc1. The lowest BCUT2D eigenvalue weighted by molar-refractivity contribution is 0.145. The van der Waals surface area contributed by atoms with E-state index < -0.39 is 0 Å². The number of nitrogens with one attached hydrogen (secondary N) is 1. The van der Waals surface area contributed by atoms with Gasteiger partial charge in [0, 0.05) is 31.4 Å². The summed E-state index contributed by atoms with van der Waals surface area (Å²) < 4.78 is 6.30. The Balaban J connectivity index is 1.40. The van der Waals surface area contributed by atoms with Gasteiger partial charge in [-0.1, -0.05) is 35.4 Å². The fourth-order valence-corrected chi connectivity index (χ4v) is 4.52. The number of benzene rings is 3. The summed E-state index contributed by atoms with van der Waals surface area (Å²) in [5.74, 6) is 2.47. The van der Waals surface area contributed by atoms with Crippen molar-refractivity contribution in [1.29, 1.82) is 0 Å². The molecule has 1 atom stereocenters. The average molecular weight is 455 g/mol. The average Bonchev–Trinajstić information content (AvgIpc) is 2.96. The van der Waals surface area contributed by atoms with Gasteiger partial charge in [-0.2, -0.15) is 0 Å². The van der Waals surface area contributed by atoms with Crippen molar-refractivity contribution in [2.75, 3.05) is 25.0 Å². The van der Waals surface area contributed by atoms with Crippen LogP contribution in [-0.4, -0.2) is 47.3 Å². The number of aryl methyl sites for hydroxylation is 3. The van der Waals surface area contributed by atoms with Crippen LogP contribution in [0.25, 0.3) is 0 Å². The summed E-state index contributed by atoms with van der Waals surface area (Å²) in [4.78, 5) is 22.2. The highest BCUT2D eigenvalue weighted by atomic mass is 16.5. The minimum Gasteiger partial charge on any atom is -0.454 e. The molecular formula is C28H30N4O2. The Hall–Kier alpha value is -3.80. The van der Waals surface area contributed by atoms with Gasteiger partial charge in [0.15, 0.2) is 5.75 Å². The molecule has 1 fully saturated rings. The van der Waals surface area contributed by atoms with Crippen molar-refractivity contribution < 1.29 is 9.53 Å². The predicted molar refractivity (Wildman–Crippen MR) is 137 cm³/mol. The largest absolute Gasteiger partial charge is 0.454 e. The Labute approximate surface area is 200 Å². The normalized spacial score (nSPS) is 17.2. The third-order valence-corrected chi connectivity index (χ3v) is 6.43. The first kappa shape index (κ1) is 22.0. The van der Waals surface area contributed by atoms with E-state index in [2.05, 4.69) is 49.2 Å². The number of amidine groups is 1. The van der Waals surface area contributed by atoms with Gasteiger partial charge < -0.3 is 19.9 Å². The number of aliphatic imine (C=N–C) groups is 1. The summed E-state index contributed by atoms with van der Waals surface area (Å²) in [5, 5.41) is 3.03. The Morgan fingerprint density at radius 2 is 1.62 bits per heavy atom. The maximum Gasteiger partial charge on any atom is 0.322 e. The number of hydrogen-bond acceptors (Lipinski definition) is 4. The molecule has 1 N–H and O–H groups in total. The van der Waals surface area contributed by atoms with E-state index in [0.29, 0.717) is 19.6 Å². The van der Waals surface area contributed by atoms with Crippen molar-refractivity contribution in [2.45, 2.75) is 33.7 Å². The van der Waals surface area contributed by atoms with Crippen LogP contribution in [-0.2, 0) is 0 Å². The monoisotopic (exact) mass is 454 g/mol. The molecule has 2 aliphatic heterocycles. The van der Waals surface area contributed by atoms with Gasteiger partial charge >= 0.3 is 6.03 Å². The third kappa shape index (κ3) is 4.36. The van der Waals surface area contributed by atoms with E-state index in [-0.39, 0.29) is 12.1 Å². The molecule has 2 aliphatic rings. The van der Waals surface area contributed by atoms with Crippen molar-refractivity contribution in [1.82, 2.24) is 9.80 Å². The second-order valence-electron chi connectivity index (χ2n) is 9.29. The van der Waals surface area contributed by atoms with Crippen LogP contribution >= 0.6 is 0 Å². The molecule has 0 aliphatic carbocycles. The topological polar surface area (TPSA) is 57.2 Å². The highest BCUT2D eigenvalue weighted by Gasteiger charge is 2.31. The molecule has 34 heavy (non-hydrogen) atoms. The lowest BCUT2D eigenvalue weighted by Crippen LogP contribution is -2.56. The molecule has 6 heteroatoms. The zero-order valence-corrected chi connectivity index (χ0v) is 20.1. The van der Waals surface area contributed by atoms with Gasteiger partial charge in [0.2, 0.25) is 0 Å². The van der Waals surface area contributed by atoms with Crippen LogP contribution in [0.1, 0.15) is 29.2 Å². The second kappa shape index (κ2) is 8.86. The predicted octanol–water partition coefficient (Wildman–Crippen LogP) is 6.03. The molecule has 2 heterocycles. The number of fused-ring (bicyclic) bond motifs is 2. The number of piperazine rings is 1. The summed E-state index contributed by atoms with van der Waals surface area (Å²) in [6.45, 7) is 10.2. The van der Waals surface area contributed by atoms with E-state index in [1.165, 1.54) is 5.56 Å². The van der Waals surface area contributed by atoms with E-state index >= 15 is 0 Å². The third-order valence-electron chi connectivity index (χ3n) is 6.43. The lowest BCUT2D eigenvalue weighted by Gasteiger charge is -2.41. The minimum atomic E-state index is -0.0702. The van der Waals surface area contributed by atoms with Gasteiger partial charge in [-0.3, -0.25) is 0 Å². The summed E-state index contributed by atoms with van der Waals surface area (Å²) >= 11 is 0. The van der Waals surface area contributed by atoms with Crippen LogP contribution in [0, 0.1) is 20.8 Å². The number of carbonyl (C=O) groups excluding carboxylic acids is 1. The Morgan fingerprint density at radius 1 is 0.912 bits per heavy atom. The molecule has 1 saturated heterocycles. The highest BCUT2D eigenvalue weighted by Crippen LogP contribution is 2.39. The first-order chi connectivity index (χ1) is 16.4. The summed E-state index contributed by atoms with van der Waals surface area (Å²) in [5.41, 5.74) is 6.07. The van der Waals surface area contributed by atoms with E-state index in [1.807, 2.05) is 54.3 Å². The maximum absolute atomic E-state index is 13.0. The number of anilines is 1. The Morgan fingerprint density at radius 3 is 2.38 bits per heavy atom. The van der Waals surface area contributed by atoms with Crippen LogP contribution in [0.15, 0.2) is 65.7 Å². The van der Waals surface area contributed by atoms with Gasteiger partial charge in [-0.15, -0.1) is 0 Å². The van der Waals surface area contributed by atoms with E-state index in [0.717, 1.165) is 45.4 Å². The molecule has 6 nitrogen and oxygen atoms in total. The quantitative estimate of drug-likeness (QED) is 0.488. The van der Waals surface area contributed by atoms with Crippen molar-refractivity contribution in [3.05, 3.63) is 82.9 Å². The molecule has 0 bridgehead atoms. The standard InChI is InChI=1S/C28H30N4O2/c1-18-5-9-22(10-6-18)29-28(33)32-14-13-31(17-21(32)4)27-23-15-19(2)8-12-25(23)34-26-16-20(3)7-11-24(26)30-27/h5-12,15-16,21H,13-14,17H2,1-4H3,(H,29,33)/t21-/m1/s1. The van der Waals surface area contributed by atoms with Crippen LogP contribution in [0.4, 0.5) is 16.2 Å². The van der Waals surface area contributed by atoms with Crippen LogP contribution in [0.3, 0.4) is 0 Å². The van der Waals surface area contributed by atoms with Crippen molar-refractivity contribution in [3.8, 4) is 11.5 Å². The van der Waals surface area contributed by atoms with Gasteiger partial charge in [0.05, 0.1) is 5.56 Å². The number of rotatable bonds is 1. The zero-order chi connectivity index (χ0) is 23.8. The number of ether oxygens (including phenoxy) is 1. The number of nitrogens with zero attached hydrogens (tertiary/aromatic N) is 3. The van der Waals surface area contributed by atoms with Gasteiger partial charge in [0.25, 0.3) is 0 Å². The summed E-state index contributed by atoms with van der Waals surface area (Å²) in [6.07, 6.45) is 0. The first-order valence-electron chi connectivity index (χ1n) is 11.7. The lowest BCUT2D eigenvalue weighted by atomic mass is 10.1. The zero-order valence-electron chi connectivity index (χ0n) is 20.1. The number of amides is 2. The molecule has 2 amide bonds. The molecule has 0 aromatic heterocycles. The molecule has 0 spiro atoms. The van der Waals surface area contributed by atoms with E-state index in [4.69, 9.17) is 9.73 Å². The molecule has 5 rings (SSSR count). The van der Waals surface area contributed by atoms with Gasteiger partial charge in [-0.05, 0) is 69.7 Å².